The van der Waals surface area contributed by atoms with E-state index in [1.165, 1.54) is 6.42 Å². The minimum absolute atomic E-state index is 0.00960. The van der Waals surface area contributed by atoms with Crippen LogP contribution in [0, 0.1) is 5.92 Å². The summed E-state index contributed by atoms with van der Waals surface area (Å²) in [5.41, 5.74) is 0.776. The number of hydrogen-bond acceptors (Lipinski definition) is 4. The molecule has 1 aromatic carbocycles. The summed E-state index contributed by atoms with van der Waals surface area (Å²) in [7, 11) is 0. The number of amides is 3. The lowest BCUT2D eigenvalue weighted by atomic mass is 9.96. The third-order valence-electron chi connectivity index (χ3n) is 7.05. The summed E-state index contributed by atoms with van der Waals surface area (Å²) in [6.07, 6.45) is 8.10. The molecule has 0 radical (unpaired) electrons. The Kier molecular flexibility index (Phi) is 6.10. The summed E-state index contributed by atoms with van der Waals surface area (Å²) >= 11 is 0. The number of anilines is 1. The lowest BCUT2D eigenvalue weighted by molar-refractivity contribution is -0.138. The molecule has 3 aliphatic rings. The zero-order valence-corrected chi connectivity index (χ0v) is 18.6. The van der Waals surface area contributed by atoms with Crippen molar-refractivity contribution in [1.29, 1.82) is 0 Å². The highest BCUT2D eigenvalue weighted by Crippen LogP contribution is 2.34. The van der Waals surface area contributed by atoms with Crippen LogP contribution in [0.2, 0.25) is 0 Å². The number of nitrogens with one attached hydrogen (secondary N) is 1. The van der Waals surface area contributed by atoms with Crippen LogP contribution in [0.1, 0.15) is 62.6 Å². The number of para-hydroxylation sites is 1. The molecule has 1 aromatic heterocycles. The van der Waals surface area contributed by atoms with E-state index in [0.29, 0.717) is 13.1 Å². The Balaban J connectivity index is 1.27. The van der Waals surface area contributed by atoms with Crippen molar-refractivity contribution in [1.82, 2.24) is 24.6 Å². The molecule has 0 aliphatic carbocycles. The molecule has 4 heterocycles. The zero-order chi connectivity index (χ0) is 21.9. The Labute approximate surface area is 189 Å². The van der Waals surface area contributed by atoms with Crippen molar-refractivity contribution in [3.63, 3.8) is 0 Å². The number of piperidine rings is 1. The molecular formula is C24H32N6O2. The number of benzene rings is 1. The van der Waals surface area contributed by atoms with E-state index in [4.69, 9.17) is 0 Å². The summed E-state index contributed by atoms with van der Waals surface area (Å²) in [4.78, 5) is 30.2. The first-order valence-electron chi connectivity index (χ1n) is 12.0. The van der Waals surface area contributed by atoms with E-state index < -0.39 is 0 Å². The molecule has 2 unspecified atom stereocenters. The van der Waals surface area contributed by atoms with Crippen molar-refractivity contribution in [2.24, 2.45) is 5.92 Å². The Morgan fingerprint density at radius 3 is 2.62 bits per heavy atom. The molecule has 2 saturated heterocycles. The van der Waals surface area contributed by atoms with Crippen LogP contribution in [0.3, 0.4) is 0 Å². The fourth-order valence-corrected chi connectivity index (χ4v) is 5.37. The number of likely N-dealkylation sites (tertiary alicyclic amines) is 2. The molecule has 2 atom stereocenters. The third-order valence-corrected chi connectivity index (χ3v) is 7.05. The van der Waals surface area contributed by atoms with Crippen LogP contribution in [0.25, 0.3) is 0 Å². The number of hydrogen-bond donors (Lipinski definition) is 1. The molecule has 8 nitrogen and oxygen atoms in total. The molecule has 3 amide bonds. The van der Waals surface area contributed by atoms with Gasteiger partial charge in [0.25, 0.3) is 0 Å². The van der Waals surface area contributed by atoms with Crippen molar-refractivity contribution in [2.45, 2.75) is 64.0 Å². The number of carbonyl (C=O) groups is 2. The SMILES string of the molecule is O=C(Nc1ccccc1)N1CCCC(C(=O)N2CCCC2c2nnc3n2CCCCC3)C1. The maximum Gasteiger partial charge on any atom is 0.321 e. The van der Waals surface area contributed by atoms with Crippen LogP contribution in [0.15, 0.2) is 30.3 Å². The van der Waals surface area contributed by atoms with Gasteiger partial charge in [0.05, 0.1) is 12.0 Å². The second-order valence-electron chi connectivity index (χ2n) is 9.21. The van der Waals surface area contributed by atoms with Gasteiger partial charge in [-0.05, 0) is 50.7 Å². The Hall–Kier alpha value is -2.90. The van der Waals surface area contributed by atoms with E-state index in [1.54, 1.807) is 4.90 Å². The minimum atomic E-state index is -0.155. The number of nitrogens with zero attached hydrogens (tertiary/aromatic N) is 5. The van der Waals surface area contributed by atoms with Crippen LogP contribution < -0.4 is 5.32 Å². The van der Waals surface area contributed by atoms with Gasteiger partial charge in [-0.2, -0.15) is 0 Å². The molecule has 2 fully saturated rings. The standard InChI is InChI=1S/C24H32N6O2/c31-23(18-9-7-14-28(17-18)24(32)25-19-10-3-1-4-11-19)29-16-8-12-20(29)22-27-26-21-13-5-2-6-15-30(21)22/h1,3-4,10-11,18,20H,2,5-9,12-17H2,(H,25,32). The number of urea groups is 1. The van der Waals surface area contributed by atoms with Crippen LogP contribution in [0.4, 0.5) is 10.5 Å². The fourth-order valence-electron chi connectivity index (χ4n) is 5.37. The van der Waals surface area contributed by atoms with Crippen molar-refractivity contribution in [3.05, 3.63) is 42.0 Å². The molecule has 0 bridgehead atoms. The Morgan fingerprint density at radius 1 is 0.906 bits per heavy atom. The fraction of sp³-hybridized carbons (Fsp3) is 0.583. The van der Waals surface area contributed by atoms with Gasteiger partial charge in [0, 0.05) is 38.3 Å². The van der Waals surface area contributed by atoms with Gasteiger partial charge >= 0.3 is 6.03 Å². The van der Waals surface area contributed by atoms with Gasteiger partial charge in [-0.3, -0.25) is 4.79 Å². The number of rotatable bonds is 3. The summed E-state index contributed by atoms with van der Waals surface area (Å²) < 4.78 is 2.27. The molecule has 2 aromatic rings. The first-order valence-corrected chi connectivity index (χ1v) is 12.0. The predicted molar refractivity (Wildman–Crippen MR) is 121 cm³/mol. The van der Waals surface area contributed by atoms with E-state index in [-0.39, 0.29) is 23.9 Å². The maximum absolute atomic E-state index is 13.6. The predicted octanol–water partition coefficient (Wildman–Crippen LogP) is 3.61. The topological polar surface area (TPSA) is 83.4 Å². The summed E-state index contributed by atoms with van der Waals surface area (Å²) in [6.45, 7) is 2.87. The highest BCUT2D eigenvalue weighted by molar-refractivity contribution is 5.90. The van der Waals surface area contributed by atoms with E-state index in [1.807, 2.05) is 35.2 Å². The van der Waals surface area contributed by atoms with Crippen LogP contribution in [-0.2, 0) is 17.8 Å². The van der Waals surface area contributed by atoms with E-state index in [9.17, 15) is 9.59 Å². The highest BCUT2D eigenvalue weighted by atomic mass is 16.2. The van der Waals surface area contributed by atoms with Crippen LogP contribution >= 0.6 is 0 Å². The quantitative estimate of drug-likeness (QED) is 0.797. The molecule has 8 heteroatoms. The van der Waals surface area contributed by atoms with Crippen LogP contribution in [0.5, 0.6) is 0 Å². The lowest BCUT2D eigenvalue weighted by Gasteiger charge is -2.35. The Bertz CT molecular complexity index is 959. The van der Waals surface area contributed by atoms with Gasteiger partial charge in [0.2, 0.25) is 5.91 Å². The largest absolute Gasteiger partial charge is 0.332 e. The maximum atomic E-state index is 13.6. The van der Waals surface area contributed by atoms with Gasteiger partial charge in [-0.15, -0.1) is 10.2 Å². The van der Waals surface area contributed by atoms with Crippen molar-refractivity contribution in [2.75, 3.05) is 25.0 Å². The lowest BCUT2D eigenvalue weighted by Crippen LogP contribution is -2.48. The molecule has 32 heavy (non-hydrogen) atoms. The molecular weight excluding hydrogens is 404 g/mol. The molecule has 1 N–H and O–H groups in total. The second kappa shape index (κ2) is 9.30. The normalized spacial score (nSPS) is 23.5. The average Bonchev–Trinajstić information content (AvgIpc) is 3.40. The number of aromatic nitrogens is 3. The summed E-state index contributed by atoms with van der Waals surface area (Å²) in [6, 6.07) is 9.35. The first-order chi connectivity index (χ1) is 15.7. The summed E-state index contributed by atoms with van der Waals surface area (Å²) in [5, 5.41) is 11.9. The van der Waals surface area contributed by atoms with Crippen molar-refractivity contribution < 1.29 is 9.59 Å². The minimum Gasteiger partial charge on any atom is -0.332 e. The first kappa shape index (κ1) is 21.0. The molecule has 0 saturated carbocycles. The zero-order valence-electron chi connectivity index (χ0n) is 18.6. The highest BCUT2D eigenvalue weighted by Gasteiger charge is 2.39. The van der Waals surface area contributed by atoms with Crippen molar-refractivity contribution >= 4 is 17.6 Å². The molecule has 0 spiro atoms. The van der Waals surface area contributed by atoms with Crippen LogP contribution in [-0.4, -0.2) is 56.1 Å². The smallest absolute Gasteiger partial charge is 0.321 e. The molecule has 3 aliphatic heterocycles. The van der Waals surface area contributed by atoms with Gasteiger partial charge < -0.3 is 19.7 Å². The van der Waals surface area contributed by atoms with E-state index in [0.717, 1.165) is 75.4 Å². The van der Waals surface area contributed by atoms with Gasteiger partial charge in [0.15, 0.2) is 5.82 Å². The molecule has 170 valence electrons. The van der Waals surface area contributed by atoms with Gasteiger partial charge in [-0.25, -0.2) is 4.79 Å². The average molecular weight is 437 g/mol. The molecule has 5 rings (SSSR count). The van der Waals surface area contributed by atoms with E-state index in [2.05, 4.69) is 20.1 Å². The van der Waals surface area contributed by atoms with Gasteiger partial charge in [-0.1, -0.05) is 24.6 Å². The monoisotopic (exact) mass is 436 g/mol. The second-order valence-corrected chi connectivity index (χ2v) is 9.21. The third kappa shape index (κ3) is 4.23. The number of fused-ring (bicyclic) bond motifs is 1. The van der Waals surface area contributed by atoms with E-state index >= 15 is 0 Å². The summed E-state index contributed by atoms with van der Waals surface area (Å²) in [5.74, 6) is 2.04. The number of aryl methyl sites for hydroxylation is 1. The van der Waals surface area contributed by atoms with Gasteiger partial charge in [0.1, 0.15) is 5.82 Å². The van der Waals surface area contributed by atoms with Crippen molar-refractivity contribution in [3.8, 4) is 0 Å². The number of carbonyl (C=O) groups excluding carboxylic acids is 2. The Morgan fingerprint density at radius 2 is 1.75 bits per heavy atom.